The molecule has 0 spiro atoms. The van der Waals surface area contributed by atoms with Crippen molar-refractivity contribution in [2.75, 3.05) is 0 Å². The number of ether oxygens (including phenoxy) is 1. The summed E-state index contributed by atoms with van der Waals surface area (Å²) in [5.41, 5.74) is 3.49. The van der Waals surface area contributed by atoms with Crippen LogP contribution in [-0.2, 0) is 9.53 Å². The molecule has 5 aliphatic carbocycles. The van der Waals surface area contributed by atoms with Gasteiger partial charge in [0.1, 0.15) is 6.10 Å². The predicted molar refractivity (Wildman–Crippen MR) is 140 cm³/mol. The molecule has 9 atom stereocenters. The molecule has 2 heteroatoms. The molecule has 2 nitrogen and oxygen atoms in total. The van der Waals surface area contributed by atoms with Gasteiger partial charge < -0.3 is 4.74 Å². The van der Waals surface area contributed by atoms with Crippen LogP contribution < -0.4 is 0 Å². The maximum Gasteiger partial charge on any atom is 0.302 e. The van der Waals surface area contributed by atoms with E-state index in [2.05, 4.69) is 61.5 Å². The fraction of sp³-hybridized carbons (Fsp3) is 0.906. The standard InChI is InChI=1S/C32H52O2/c1-20(2)22-12-15-29(6)18-19-31(8)24-10-11-25-28(4,5)26(34-21(3)33)14-16-30(25,7)23(24)13-17-32(31,9)27(22)29/h10,20,22-23,25-27H,11-19H2,1-9H3/t22-,23-,25-,26+,27+,29-,30-,31-,32+/m1/s1. The third-order valence-corrected chi connectivity index (χ3v) is 13.3. The molecule has 0 aromatic rings. The lowest BCUT2D eigenvalue weighted by Crippen LogP contribution is -2.62. The molecule has 4 saturated carbocycles. The summed E-state index contributed by atoms with van der Waals surface area (Å²) >= 11 is 0. The second-order valence-electron chi connectivity index (χ2n) is 15.3. The van der Waals surface area contributed by atoms with E-state index >= 15 is 0 Å². The number of allylic oxidation sites excluding steroid dienone is 2. The molecule has 0 N–H and O–H groups in total. The van der Waals surface area contributed by atoms with Gasteiger partial charge in [-0.05, 0) is 109 Å². The fourth-order valence-corrected chi connectivity index (χ4v) is 11.4. The van der Waals surface area contributed by atoms with Crippen LogP contribution in [0.2, 0.25) is 0 Å². The smallest absolute Gasteiger partial charge is 0.302 e. The minimum atomic E-state index is -0.115. The first-order valence-corrected chi connectivity index (χ1v) is 14.6. The van der Waals surface area contributed by atoms with Crippen LogP contribution in [0.4, 0.5) is 0 Å². The van der Waals surface area contributed by atoms with Crippen molar-refractivity contribution in [1.29, 1.82) is 0 Å². The average Bonchev–Trinajstić information content (AvgIpc) is 3.10. The van der Waals surface area contributed by atoms with Gasteiger partial charge in [-0.1, -0.05) is 67.0 Å². The summed E-state index contributed by atoms with van der Waals surface area (Å²) in [7, 11) is 0. The van der Waals surface area contributed by atoms with E-state index in [9.17, 15) is 4.79 Å². The Kier molecular flexibility index (Phi) is 5.57. The lowest BCUT2D eigenvalue weighted by Gasteiger charge is -2.69. The monoisotopic (exact) mass is 468 g/mol. The SMILES string of the molecule is CC(=O)O[C@H]1CC[C@]2(C)[C@@H]3CC[C@@]4(C)[C@H]5[C@@H](C(C)C)CC[C@]5(C)CC[C@]4(C)C3=CC[C@@H]2C1(C)C. The zero-order chi connectivity index (χ0) is 24.9. The maximum atomic E-state index is 11.9. The second-order valence-corrected chi connectivity index (χ2v) is 15.3. The van der Waals surface area contributed by atoms with Crippen molar-refractivity contribution >= 4 is 5.97 Å². The van der Waals surface area contributed by atoms with Crippen molar-refractivity contribution in [3.63, 3.8) is 0 Å². The van der Waals surface area contributed by atoms with Crippen LogP contribution in [0, 0.1) is 56.7 Å². The lowest BCUT2D eigenvalue weighted by atomic mass is 9.35. The Bertz CT molecular complexity index is 883. The highest BCUT2D eigenvalue weighted by Gasteiger charge is 2.68. The number of hydrogen-bond donors (Lipinski definition) is 0. The van der Waals surface area contributed by atoms with Crippen LogP contribution in [0.3, 0.4) is 0 Å². The molecular weight excluding hydrogens is 416 g/mol. The summed E-state index contributed by atoms with van der Waals surface area (Å²) in [6, 6.07) is 0. The normalized spacial score (nSPS) is 51.6. The van der Waals surface area contributed by atoms with Crippen molar-refractivity contribution in [2.45, 2.75) is 126 Å². The third kappa shape index (κ3) is 3.08. The highest BCUT2D eigenvalue weighted by molar-refractivity contribution is 5.66. The Balaban J connectivity index is 1.54. The third-order valence-electron chi connectivity index (χ3n) is 13.3. The fourth-order valence-electron chi connectivity index (χ4n) is 11.4. The molecule has 5 aliphatic rings. The highest BCUT2D eigenvalue weighted by Crippen LogP contribution is 2.76. The molecule has 0 heterocycles. The van der Waals surface area contributed by atoms with Gasteiger partial charge in [0.2, 0.25) is 0 Å². The van der Waals surface area contributed by atoms with Crippen molar-refractivity contribution in [3.05, 3.63) is 11.6 Å². The van der Waals surface area contributed by atoms with Gasteiger partial charge in [0.25, 0.3) is 0 Å². The molecular formula is C32H52O2. The molecule has 0 aliphatic heterocycles. The number of carbonyl (C=O) groups excluding carboxylic acids is 1. The van der Waals surface area contributed by atoms with E-state index in [1.165, 1.54) is 44.9 Å². The van der Waals surface area contributed by atoms with Crippen LogP contribution in [0.1, 0.15) is 120 Å². The van der Waals surface area contributed by atoms with Crippen LogP contribution >= 0.6 is 0 Å². The molecule has 4 fully saturated rings. The van der Waals surface area contributed by atoms with Gasteiger partial charge in [-0.3, -0.25) is 4.79 Å². The Morgan fingerprint density at radius 3 is 2.29 bits per heavy atom. The topological polar surface area (TPSA) is 26.3 Å². The quantitative estimate of drug-likeness (QED) is 0.299. The number of esters is 1. The average molecular weight is 469 g/mol. The van der Waals surface area contributed by atoms with Gasteiger partial charge >= 0.3 is 5.97 Å². The first kappa shape index (κ1) is 24.9. The van der Waals surface area contributed by atoms with Gasteiger partial charge in [-0.2, -0.15) is 0 Å². The zero-order valence-electron chi connectivity index (χ0n) is 23.7. The summed E-state index contributed by atoms with van der Waals surface area (Å²) in [6.07, 6.45) is 14.6. The van der Waals surface area contributed by atoms with Crippen molar-refractivity contribution in [2.24, 2.45) is 56.7 Å². The number of fused-ring (bicyclic) bond motifs is 7. The van der Waals surface area contributed by atoms with Gasteiger partial charge in [0, 0.05) is 12.3 Å². The van der Waals surface area contributed by atoms with Gasteiger partial charge in [-0.15, -0.1) is 0 Å². The minimum Gasteiger partial charge on any atom is -0.462 e. The molecule has 34 heavy (non-hydrogen) atoms. The lowest BCUT2D eigenvalue weighted by molar-refractivity contribution is -0.181. The van der Waals surface area contributed by atoms with Crippen molar-refractivity contribution < 1.29 is 9.53 Å². The van der Waals surface area contributed by atoms with E-state index < -0.39 is 0 Å². The van der Waals surface area contributed by atoms with Crippen LogP contribution in [0.5, 0.6) is 0 Å². The van der Waals surface area contributed by atoms with Crippen LogP contribution in [0.25, 0.3) is 0 Å². The number of rotatable bonds is 2. The first-order valence-electron chi connectivity index (χ1n) is 14.6. The largest absolute Gasteiger partial charge is 0.462 e. The molecule has 0 bridgehead atoms. The van der Waals surface area contributed by atoms with Crippen LogP contribution in [0.15, 0.2) is 11.6 Å². The summed E-state index contributed by atoms with van der Waals surface area (Å²) in [6.45, 7) is 22.0. The highest BCUT2D eigenvalue weighted by atomic mass is 16.5. The number of hydrogen-bond acceptors (Lipinski definition) is 2. The summed E-state index contributed by atoms with van der Waals surface area (Å²) in [5.74, 6) is 3.72. The van der Waals surface area contributed by atoms with Crippen molar-refractivity contribution in [1.82, 2.24) is 0 Å². The number of carbonyl (C=O) groups is 1. The molecule has 5 rings (SSSR count). The summed E-state index contributed by atoms with van der Waals surface area (Å²) in [5, 5.41) is 0. The van der Waals surface area contributed by atoms with Gasteiger partial charge in [0.15, 0.2) is 0 Å². The first-order chi connectivity index (χ1) is 15.7. The van der Waals surface area contributed by atoms with Gasteiger partial charge in [0.05, 0.1) is 0 Å². The van der Waals surface area contributed by atoms with Gasteiger partial charge in [-0.25, -0.2) is 0 Å². The molecule has 0 unspecified atom stereocenters. The second kappa shape index (κ2) is 7.61. The Morgan fingerprint density at radius 1 is 0.941 bits per heavy atom. The molecule has 192 valence electrons. The molecule has 0 aromatic heterocycles. The van der Waals surface area contributed by atoms with E-state index in [-0.39, 0.29) is 17.5 Å². The molecule has 0 saturated heterocycles. The van der Waals surface area contributed by atoms with E-state index in [1.807, 2.05) is 5.57 Å². The minimum absolute atomic E-state index is 0.0294. The summed E-state index contributed by atoms with van der Waals surface area (Å²) in [4.78, 5) is 11.9. The van der Waals surface area contributed by atoms with E-state index in [0.29, 0.717) is 33.5 Å². The van der Waals surface area contributed by atoms with Crippen LogP contribution in [-0.4, -0.2) is 12.1 Å². The summed E-state index contributed by atoms with van der Waals surface area (Å²) < 4.78 is 5.89. The Labute approximate surface area is 210 Å². The zero-order valence-corrected chi connectivity index (χ0v) is 23.7. The van der Waals surface area contributed by atoms with E-state index in [4.69, 9.17) is 4.74 Å². The molecule has 0 aromatic carbocycles. The van der Waals surface area contributed by atoms with E-state index in [0.717, 1.165) is 30.6 Å². The Morgan fingerprint density at radius 2 is 1.65 bits per heavy atom. The van der Waals surface area contributed by atoms with E-state index in [1.54, 1.807) is 6.92 Å². The predicted octanol–water partition coefficient (Wildman–Crippen LogP) is 8.60. The molecule has 0 amide bonds. The molecule has 0 radical (unpaired) electrons. The Hall–Kier alpha value is -0.790. The maximum absolute atomic E-state index is 11.9. The van der Waals surface area contributed by atoms with Crippen molar-refractivity contribution in [3.8, 4) is 0 Å².